The van der Waals surface area contributed by atoms with E-state index in [0.717, 1.165) is 0 Å². The molecular weight excluding hydrogens is 1830 g/mol. The first-order chi connectivity index (χ1) is 63.4. The van der Waals surface area contributed by atoms with E-state index in [-0.39, 0.29) is 30.3 Å². The number of phenols is 25. The van der Waals surface area contributed by atoms with Gasteiger partial charge in [0.1, 0.15) is 31.0 Å². The summed E-state index contributed by atoms with van der Waals surface area (Å²) >= 11 is 0. The van der Waals surface area contributed by atoms with Gasteiger partial charge in [0.25, 0.3) is 5.79 Å². The fraction of sp³-hybridized carbons (Fsp3) is 0.183. The highest BCUT2D eigenvalue weighted by atomic mass is 16.8. The van der Waals surface area contributed by atoms with Crippen molar-refractivity contribution in [3.05, 3.63) is 152 Å². The van der Waals surface area contributed by atoms with Crippen LogP contribution in [0.5, 0.6) is 161 Å². The zero-order chi connectivity index (χ0) is 98.3. The summed E-state index contributed by atoms with van der Waals surface area (Å²) in [5, 5.41) is 307. The lowest BCUT2D eigenvalue weighted by molar-refractivity contribution is -0.339. The van der Waals surface area contributed by atoms with Crippen molar-refractivity contribution >= 4 is 65.5 Å². The number of carbonyl (C=O) groups excluding carboxylic acids is 11. The molecule has 6 bridgehead atoms. The van der Waals surface area contributed by atoms with Crippen LogP contribution in [0, 0.1) is 0 Å². The van der Waals surface area contributed by atoms with Crippen LogP contribution in [0.3, 0.4) is 0 Å². The largest absolute Gasteiger partial charge is 0.504 e. The molecule has 9 aromatic carbocycles. The molecule has 53 nitrogen and oxygen atoms in total. The van der Waals surface area contributed by atoms with Crippen LogP contribution < -0.4 is 9.47 Å². The molecule has 2 saturated heterocycles. The Morgan fingerprint density at radius 2 is 0.748 bits per heavy atom. The quantitative estimate of drug-likeness (QED) is 0.0294. The monoisotopic (exact) mass is 1890 g/mol. The van der Waals surface area contributed by atoms with E-state index in [2.05, 4.69) is 0 Å². The van der Waals surface area contributed by atoms with Crippen LogP contribution >= 0.6 is 0 Å². The third-order valence-electron chi connectivity index (χ3n) is 21.3. The normalized spacial score (nSPS) is 21.8. The van der Waals surface area contributed by atoms with Crippen molar-refractivity contribution < 1.29 is 262 Å². The summed E-state index contributed by atoms with van der Waals surface area (Å²) in [6.45, 7) is -3.38. The maximum atomic E-state index is 15.7. The molecule has 0 amide bonds. The van der Waals surface area contributed by atoms with E-state index in [9.17, 15) is 172 Å². The number of hydrogen-bond acceptors (Lipinski definition) is 53. The van der Waals surface area contributed by atoms with Crippen molar-refractivity contribution in [2.24, 2.45) is 0 Å². The van der Waals surface area contributed by atoms with Crippen LogP contribution in [0.15, 0.2) is 96.6 Å². The Hall–Kier alpha value is -18.5. The second-order valence-corrected chi connectivity index (χ2v) is 29.6. The van der Waals surface area contributed by atoms with E-state index in [1.807, 2.05) is 0 Å². The Balaban J connectivity index is 0.875. The van der Waals surface area contributed by atoms with Gasteiger partial charge in [0.05, 0.1) is 56.0 Å². The summed E-state index contributed by atoms with van der Waals surface area (Å²) in [7, 11) is 0. The molecule has 135 heavy (non-hydrogen) atoms. The van der Waals surface area contributed by atoms with E-state index in [1.54, 1.807) is 0 Å². The molecule has 6 aliphatic rings. The smallest absolute Gasteiger partial charge is 0.342 e. The van der Waals surface area contributed by atoms with Crippen LogP contribution in [-0.2, 0) is 66.4 Å². The van der Waals surface area contributed by atoms with Crippen LogP contribution in [0.25, 0.3) is 11.1 Å². The maximum Gasteiger partial charge on any atom is 0.342 e. The second-order valence-electron chi connectivity index (χ2n) is 29.6. The Morgan fingerprint density at radius 1 is 0.356 bits per heavy atom. The van der Waals surface area contributed by atoms with Gasteiger partial charge < -0.3 is 209 Å². The number of aliphatic hydroxyl groups is 3. The van der Waals surface area contributed by atoms with Gasteiger partial charge in [-0.15, -0.1) is 0 Å². The molecule has 704 valence electrons. The summed E-state index contributed by atoms with van der Waals surface area (Å²) in [4.78, 5) is 163. The van der Waals surface area contributed by atoms with Crippen LogP contribution in [0.4, 0.5) is 0 Å². The van der Waals surface area contributed by atoms with E-state index < -0.39 is 391 Å². The van der Waals surface area contributed by atoms with Gasteiger partial charge in [0, 0.05) is 28.8 Å². The third-order valence-corrected chi connectivity index (χ3v) is 21.3. The Morgan fingerprint density at radius 3 is 1.25 bits per heavy atom. The Kier molecular flexibility index (Phi) is 22.4. The molecule has 5 heterocycles. The van der Waals surface area contributed by atoms with Gasteiger partial charge in [-0.3, -0.25) is 4.79 Å². The number of carbonyl (C=O) groups is 11. The number of hydrogen-bond donors (Lipinski definition) is 28. The highest BCUT2D eigenvalue weighted by molar-refractivity contribution is 6.11. The number of fused-ring (bicyclic) bond motifs is 4. The molecule has 2 fully saturated rings. The Bertz CT molecular complexity index is 6630. The average molecular weight is 1890 g/mol. The molecule has 5 aliphatic heterocycles. The first-order valence-electron chi connectivity index (χ1n) is 37.5. The van der Waals surface area contributed by atoms with Gasteiger partial charge in [-0.2, -0.15) is 0 Å². The predicted octanol–water partition coefficient (Wildman–Crippen LogP) is 0.985. The standard InChI is InChI=1S/C82H58O53/c83-28-1-18(2-29(84)49(28)97)69(109)122-16-42-62(65(129-70(110)19-3-30(85)50(98)31(86)4-19)67(131-71(111)20-5-32(87)51(99)33(88)6-20)79(125-42)133-72(112)21-7-34(89)52(100)35(90)8-21)128-78(118)27-13-39(94)55(103)60(108)61(27)124-41-14-25-46(59(107)57(41)105)45-23(11-38(93)54(102)58(45)106)75(115)130-66-63-43(17-123-74(25)114)126-80(134-73(113)22-9-36(91)53(101)37(92)10-22)68(66)132-76(116)24-12-40(95)56(104)64-47(24)48-26(77(117)127-63)15-44(96)82(121,135-64)81(48,119)120/h1-15,42-43,48,62-63,65-68,79-80,83-95,97-108,119-121H,16-17H2. The van der Waals surface area contributed by atoms with Crippen molar-refractivity contribution in [1.82, 2.24) is 0 Å². The zero-order valence-electron chi connectivity index (χ0n) is 66.2. The zero-order valence-corrected chi connectivity index (χ0v) is 66.2. The predicted molar refractivity (Wildman–Crippen MR) is 412 cm³/mol. The first-order valence-corrected chi connectivity index (χ1v) is 37.5. The van der Waals surface area contributed by atoms with Gasteiger partial charge in [-0.25, -0.2) is 47.9 Å². The minimum atomic E-state index is -4.21. The molecule has 9 aromatic rings. The van der Waals surface area contributed by atoms with Crippen molar-refractivity contribution in [1.29, 1.82) is 0 Å². The summed E-state index contributed by atoms with van der Waals surface area (Å²) in [5.74, 6) is -74.7. The first kappa shape index (κ1) is 91.2. The number of ether oxygens (including phenoxy) is 14. The molecule has 0 spiro atoms. The summed E-state index contributed by atoms with van der Waals surface area (Å²) in [6, 6.07) is 4.59. The minimum Gasteiger partial charge on any atom is -0.504 e. The number of aromatic hydroxyl groups is 25. The van der Waals surface area contributed by atoms with Gasteiger partial charge >= 0.3 is 65.5 Å². The lowest BCUT2D eigenvalue weighted by Gasteiger charge is -2.49. The molecule has 0 radical (unpaired) electrons. The fourth-order valence-corrected chi connectivity index (χ4v) is 14.7. The van der Waals surface area contributed by atoms with Crippen LogP contribution in [0.1, 0.15) is 105 Å². The SMILES string of the molecule is O=C1OC2C3COC(=O)c4cc(Oc5c(C(=O)OC6C(COC(=O)c7cc(O)c(O)c(O)c7)OC(OC(=O)c7cc(O)c(O)c(O)c7)C(OC(=O)c7cc(O)c(O)c(O)c7)C6OC(=O)c6cc(O)c(O)c(O)c6)cc(O)c(O)c5O)c(O)c(O)c4-c4c(cc(O)c(O)c4O)C(=O)OC2C(OC(=O)c2cc(O)c(O)c4c2C2C1=CC(=O)C(O)(O4)C2(O)O)C(OC(=O)c1cc(O)c(O)c(O)c1)O3. The minimum absolute atomic E-state index is 0.0576. The molecule has 15 rings (SSSR count). The molecule has 28 N–H and O–H groups in total. The maximum absolute atomic E-state index is 15.7. The van der Waals surface area contributed by atoms with Gasteiger partial charge in [0.15, 0.2) is 157 Å². The third kappa shape index (κ3) is 15.5. The van der Waals surface area contributed by atoms with Crippen LogP contribution in [-0.4, -0.2) is 295 Å². The van der Waals surface area contributed by atoms with E-state index in [0.29, 0.717) is 60.7 Å². The fourth-order valence-electron chi connectivity index (χ4n) is 14.7. The number of cyclic esters (lactones) is 1. The van der Waals surface area contributed by atoms with E-state index in [1.165, 1.54) is 0 Å². The highest BCUT2D eigenvalue weighted by Gasteiger charge is 2.71. The lowest BCUT2D eigenvalue weighted by atomic mass is 9.70. The van der Waals surface area contributed by atoms with Crippen molar-refractivity contribution in [3.63, 3.8) is 0 Å². The number of rotatable bonds is 15. The van der Waals surface area contributed by atoms with Gasteiger partial charge in [0.2, 0.25) is 59.3 Å². The van der Waals surface area contributed by atoms with Crippen molar-refractivity contribution in [2.45, 2.75) is 78.9 Å². The number of benzene rings is 9. The average Bonchev–Trinajstić information content (AvgIpc) is 1.27. The topological polar surface area (TPSA) is 883 Å². The molecule has 0 aromatic heterocycles. The summed E-state index contributed by atoms with van der Waals surface area (Å²) < 4.78 is 79.7. The number of esters is 10. The Labute approximate surface area is 741 Å². The molecule has 12 unspecified atom stereocenters. The van der Waals surface area contributed by atoms with E-state index in [4.69, 9.17) is 66.3 Å². The molecule has 53 heteroatoms. The number of ketones is 1. The molecular formula is C82H58O53. The molecule has 0 saturated carbocycles. The molecule has 12 atom stereocenters. The van der Waals surface area contributed by atoms with Crippen LogP contribution in [0.2, 0.25) is 0 Å². The summed E-state index contributed by atoms with van der Waals surface area (Å²) in [6.07, 6.45) is -28.7. The van der Waals surface area contributed by atoms with Crippen molar-refractivity contribution in [2.75, 3.05) is 13.2 Å². The highest BCUT2D eigenvalue weighted by Crippen LogP contribution is 2.61. The summed E-state index contributed by atoms with van der Waals surface area (Å²) in [5.41, 5.74) is -16.7. The van der Waals surface area contributed by atoms with Gasteiger partial charge in [-0.1, -0.05) is 0 Å². The number of phenolic OH excluding ortho intramolecular Hbond substituents is 25. The lowest BCUT2D eigenvalue weighted by Crippen LogP contribution is -2.70. The second kappa shape index (κ2) is 33.2. The van der Waals surface area contributed by atoms with E-state index >= 15 is 24.0 Å². The molecule has 1 aliphatic carbocycles. The van der Waals surface area contributed by atoms with Gasteiger partial charge in [-0.05, 0) is 78.9 Å². The van der Waals surface area contributed by atoms with Crippen molar-refractivity contribution in [3.8, 4) is 172 Å².